The van der Waals surface area contributed by atoms with Crippen molar-refractivity contribution in [2.45, 2.75) is 87.0 Å². The van der Waals surface area contributed by atoms with Crippen LogP contribution in [0.5, 0.6) is 0 Å². The van der Waals surface area contributed by atoms with Gasteiger partial charge < -0.3 is 0 Å². The Balaban J connectivity index is 0.0000000986. The number of rotatable bonds is 0. The summed E-state index contributed by atoms with van der Waals surface area (Å²) in [5, 5.41) is 19.4. The van der Waals surface area contributed by atoms with Crippen molar-refractivity contribution in [3.8, 4) is 0 Å². The zero-order chi connectivity index (χ0) is 66.7. The van der Waals surface area contributed by atoms with Crippen LogP contribution in [-0.4, -0.2) is 0 Å². The fraction of sp³-hybridized carbons (Fsp3) is 0.137. The van der Waals surface area contributed by atoms with Crippen LogP contribution in [0.1, 0.15) is 108 Å². The largest absolute Gasteiger partial charge is 0.207 e. The molecule has 0 radical (unpaired) electrons. The van der Waals surface area contributed by atoms with Crippen molar-refractivity contribution in [3.05, 3.63) is 368 Å². The molecule has 97 heavy (non-hydrogen) atoms. The minimum absolute atomic E-state index is 0.132. The van der Waals surface area contributed by atoms with Crippen molar-refractivity contribution >= 4 is 110 Å². The molecule has 0 nitrogen and oxygen atoms in total. The van der Waals surface area contributed by atoms with Crippen molar-refractivity contribution in [2.75, 3.05) is 0 Å². The lowest BCUT2D eigenvalue weighted by molar-refractivity contribution is 0.618. The third-order valence-corrected chi connectivity index (χ3v) is 19.8. The van der Waals surface area contributed by atoms with Crippen LogP contribution in [-0.2, 0) is 19.3 Å². The number of benzene rings is 14. The number of hydrogen-bond acceptors (Lipinski definition) is 0. The molecule has 14 aromatic rings. The highest BCUT2D eigenvalue weighted by molar-refractivity contribution is 6.07. The van der Waals surface area contributed by atoms with Crippen LogP contribution < -0.4 is 0 Å². The normalized spacial score (nSPS) is 13.4. The summed E-state index contributed by atoms with van der Waals surface area (Å²) in [5.74, 6) is -0.294. The van der Waals surface area contributed by atoms with Gasteiger partial charge in [-0.2, -0.15) is 0 Å². The molecule has 0 N–H and O–H groups in total. The third-order valence-electron chi connectivity index (χ3n) is 19.8. The van der Waals surface area contributed by atoms with Crippen LogP contribution >= 0.6 is 0 Å². The lowest BCUT2D eigenvalue weighted by Gasteiger charge is -2.24. The number of aryl methyl sites for hydroxylation is 7. The lowest BCUT2D eigenvalue weighted by Crippen LogP contribution is -2.03. The highest BCUT2D eigenvalue weighted by atomic mass is 19.1. The quantitative estimate of drug-likeness (QED) is 0.133. The van der Waals surface area contributed by atoms with Gasteiger partial charge in [-0.05, 0) is 299 Å². The van der Waals surface area contributed by atoms with Crippen molar-refractivity contribution in [1.82, 2.24) is 0 Å². The van der Waals surface area contributed by atoms with Gasteiger partial charge in [-0.3, -0.25) is 0 Å². The number of halogens is 2. The Bertz CT molecular complexity index is 5530. The summed E-state index contributed by atoms with van der Waals surface area (Å²) in [6, 6.07) is 79.6. The first-order valence-corrected chi connectivity index (χ1v) is 34.2. The predicted octanol–water partition coefficient (Wildman–Crippen LogP) is 26.4. The van der Waals surface area contributed by atoms with Crippen LogP contribution in [0.25, 0.3) is 110 Å². The smallest absolute Gasteiger partial charge is 0.126 e. The van der Waals surface area contributed by atoms with Crippen molar-refractivity contribution in [1.29, 1.82) is 0 Å². The molecule has 2 heteroatoms. The molecule has 6 aliphatic carbocycles. The van der Waals surface area contributed by atoms with Gasteiger partial charge in [0, 0.05) is 0 Å². The molecule has 0 aliphatic heterocycles. The molecule has 0 saturated carbocycles. The van der Waals surface area contributed by atoms with E-state index in [1.165, 1.54) is 188 Å². The minimum Gasteiger partial charge on any atom is -0.207 e. The maximum atomic E-state index is 12.3. The highest BCUT2D eigenvalue weighted by Gasteiger charge is 2.23. The average Bonchev–Trinajstić information content (AvgIpc) is 0.784. The zero-order valence-corrected chi connectivity index (χ0v) is 56.6. The Morgan fingerprint density at radius 2 is 0.742 bits per heavy atom. The van der Waals surface area contributed by atoms with Gasteiger partial charge >= 0.3 is 0 Å². The van der Waals surface area contributed by atoms with Gasteiger partial charge in [0.2, 0.25) is 0 Å². The molecule has 6 aliphatic rings. The molecule has 0 spiro atoms. The van der Waals surface area contributed by atoms with Crippen molar-refractivity contribution in [2.24, 2.45) is 0 Å². The standard InChI is InChI=1S/3C17H14.2C15H12.2C7H7F/c1-11-10-14-6-2-4-12-8-9-13-5-3-7-15(11)17(13)16(12)14;1-11-9-14-7-5-12-3-2-4-13-6-8-15(10-11)17(14)16(12)13;1-11-5-6-14-8-7-12-3-2-4-13-9-10-15(11)17(14)16(12)13;1-11-5-4-8-14-9-12-6-2-3-7-13(12)10-15(11)14;1-11-6-7-14-9-12-4-2-3-5-13(12)10-15(14)8-11;1-6-3-2-4-7(8)5-6;1-6-4-2-3-5-7(6)8/h2-3,5-8,10H,4,9H2,1H3;2-3,5-7,9-10H,4,8H2,1H3;2,4-7,9-10H,3,8H2,1H3;2*2-10H,1H3;2*2-5H,1H3. The molecule has 20 rings (SSSR count). The Kier molecular flexibility index (Phi) is 18.3. The predicted molar refractivity (Wildman–Crippen MR) is 417 cm³/mol. The van der Waals surface area contributed by atoms with E-state index < -0.39 is 0 Å². The Labute approximate surface area is 570 Å². The SMILES string of the molecule is Cc1cc2c3c4c(ccc3c1)C=CCC4=CC2.Cc1cc2c3c4c(cccc14)CC=C3CC=C2.Cc1ccc2c3c4c(ccc13)C=CCC4=CC2.Cc1ccc2cc3ccccc3cc2c1.Cc1cccc(F)c1.Cc1cccc2cc3ccccc3cc12.Cc1ccccc1F. The second-order valence-electron chi connectivity index (χ2n) is 26.8. The molecule has 0 aromatic heterocycles. The molecule has 0 bridgehead atoms. The van der Waals surface area contributed by atoms with Crippen LogP contribution in [0, 0.1) is 60.1 Å². The lowest BCUT2D eigenvalue weighted by atomic mass is 9.80. The molecule has 0 fully saturated rings. The summed E-state index contributed by atoms with van der Waals surface area (Å²) in [7, 11) is 0. The molecule has 0 unspecified atom stereocenters. The van der Waals surface area contributed by atoms with Crippen LogP contribution in [0.4, 0.5) is 8.78 Å². The summed E-state index contributed by atoms with van der Waals surface area (Å²) in [5.41, 5.74) is 26.2. The van der Waals surface area contributed by atoms with Gasteiger partial charge in [0.15, 0.2) is 0 Å². The van der Waals surface area contributed by atoms with Gasteiger partial charge in [0.1, 0.15) is 11.6 Å². The van der Waals surface area contributed by atoms with Gasteiger partial charge in [-0.15, -0.1) is 0 Å². The van der Waals surface area contributed by atoms with Gasteiger partial charge in [0.05, 0.1) is 0 Å². The first kappa shape index (κ1) is 63.6. The van der Waals surface area contributed by atoms with E-state index in [4.69, 9.17) is 0 Å². The second kappa shape index (κ2) is 27.9. The highest BCUT2D eigenvalue weighted by Crippen LogP contribution is 2.44. The Hall–Kier alpha value is -10.8. The summed E-state index contributed by atoms with van der Waals surface area (Å²) >= 11 is 0. The average molecular weight is 1260 g/mol. The van der Waals surface area contributed by atoms with E-state index in [1.807, 2.05) is 19.1 Å². The maximum absolute atomic E-state index is 12.3. The molecule has 0 heterocycles. The summed E-state index contributed by atoms with van der Waals surface area (Å²) < 4.78 is 24.5. The van der Waals surface area contributed by atoms with Gasteiger partial charge in [0.25, 0.3) is 0 Å². The number of hydrogen-bond donors (Lipinski definition) is 0. The number of fused-ring (bicyclic) bond motifs is 4. The first-order valence-electron chi connectivity index (χ1n) is 34.2. The van der Waals surface area contributed by atoms with Crippen LogP contribution in [0.2, 0.25) is 0 Å². The minimum atomic E-state index is -0.162. The van der Waals surface area contributed by atoms with Crippen molar-refractivity contribution < 1.29 is 8.78 Å². The molecule has 474 valence electrons. The van der Waals surface area contributed by atoms with Crippen LogP contribution in [0.3, 0.4) is 0 Å². The van der Waals surface area contributed by atoms with E-state index >= 15 is 0 Å². The van der Waals surface area contributed by atoms with E-state index in [2.05, 4.69) is 271 Å². The molecule has 14 aromatic carbocycles. The molecule has 0 amide bonds. The summed E-state index contributed by atoms with van der Waals surface area (Å²) in [6.07, 6.45) is 27.4. The molecule has 0 saturated heterocycles. The van der Waals surface area contributed by atoms with E-state index in [-0.39, 0.29) is 11.6 Å². The first-order chi connectivity index (χ1) is 47.3. The van der Waals surface area contributed by atoms with E-state index in [1.54, 1.807) is 25.1 Å². The Morgan fingerprint density at radius 3 is 1.38 bits per heavy atom. The monoisotopic (exact) mass is 1260 g/mol. The molecule has 0 atom stereocenters. The fourth-order valence-corrected chi connectivity index (χ4v) is 15.0. The third kappa shape index (κ3) is 13.5. The fourth-order valence-electron chi connectivity index (χ4n) is 15.0. The van der Waals surface area contributed by atoms with E-state index in [0.29, 0.717) is 5.56 Å². The van der Waals surface area contributed by atoms with Gasteiger partial charge in [-0.1, -0.05) is 254 Å². The summed E-state index contributed by atoms with van der Waals surface area (Å²) in [6.45, 7) is 14.5. The second-order valence-corrected chi connectivity index (χ2v) is 26.8. The molecular formula is C95H80F2. The van der Waals surface area contributed by atoms with E-state index in [9.17, 15) is 8.78 Å². The maximum Gasteiger partial charge on any atom is 0.126 e. The zero-order valence-electron chi connectivity index (χ0n) is 56.6. The van der Waals surface area contributed by atoms with Crippen molar-refractivity contribution in [3.63, 3.8) is 0 Å². The molecular weight excluding hydrogens is 1180 g/mol. The van der Waals surface area contributed by atoms with Crippen LogP contribution in [0.15, 0.2) is 267 Å². The van der Waals surface area contributed by atoms with Gasteiger partial charge in [-0.25, -0.2) is 8.78 Å². The topological polar surface area (TPSA) is 0 Å². The van der Waals surface area contributed by atoms with E-state index in [0.717, 1.165) is 44.1 Å². The number of allylic oxidation sites excluding steroid dienone is 9. The summed E-state index contributed by atoms with van der Waals surface area (Å²) in [4.78, 5) is 0. The Morgan fingerprint density at radius 1 is 0.258 bits per heavy atom.